The fourth-order valence-corrected chi connectivity index (χ4v) is 2.26. The second-order valence-corrected chi connectivity index (χ2v) is 4.92. The number of hydrogen-bond acceptors (Lipinski definition) is 5. The molecule has 1 atom stereocenters. The maximum atomic E-state index is 5.82. The van der Waals surface area contributed by atoms with Gasteiger partial charge < -0.3 is 15.4 Å². The van der Waals surface area contributed by atoms with Crippen molar-refractivity contribution < 1.29 is 4.74 Å². The van der Waals surface area contributed by atoms with E-state index in [1.807, 2.05) is 12.1 Å². The summed E-state index contributed by atoms with van der Waals surface area (Å²) in [5.41, 5.74) is 2.12. The molecule has 0 aliphatic carbocycles. The average molecular weight is 291 g/mol. The molecule has 1 saturated heterocycles. The van der Waals surface area contributed by atoms with Crippen LogP contribution in [0.4, 0.5) is 11.5 Å². The van der Waals surface area contributed by atoms with Gasteiger partial charge >= 0.3 is 0 Å². The van der Waals surface area contributed by atoms with Crippen LogP contribution in [0.25, 0.3) is 0 Å². The molecule has 1 aliphatic rings. The Morgan fingerprint density at radius 1 is 1.25 bits per heavy atom. The van der Waals surface area contributed by atoms with Gasteiger partial charge in [-0.1, -0.05) is 23.7 Å². The molecule has 20 heavy (non-hydrogen) atoms. The molecule has 1 fully saturated rings. The monoisotopic (exact) mass is 290 g/mol. The van der Waals surface area contributed by atoms with E-state index in [1.54, 1.807) is 6.07 Å². The van der Waals surface area contributed by atoms with E-state index in [4.69, 9.17) is 16.3 Å². The summed E-state index contributed by atoms with van der Waals surface area (Å²) in [7, 11) is 0. The average Bonchev–Trinajstić information content (AvgIpc) is 2.49. The van der Waals surface area contributed by atoms with Crippen molar-refractivity contribution in [2.75, 3.05) is 25.0 Å². The maximum absolute atomic E-state index is 5.82. The van der Waals surface area contributed by atoms with Crippen LogP contribution < -0.4 is 10.6 Å². The molecule has 0 radical (unpaired) electrons. The predicted molar refractivity (Wildman–Crippen MR) is 78.3 cm³/mol. The largest absolute Gasteiger partial charge is 0.371 e. The quantitative estimate of drug-likeness (QED) is 0.851. The van der Waals surface area contributed by atoms with E-state index in [0.29, 0.717) is 11.0 Å². The number of hydrogen-bond donors (Lipinski definition) is 2. The third-order valence-corrected chi connectivity index (χ3v) is 3.32. The van der Waals surface area contributed by atoms with Crippen molar-refractivity contribution in [1.29, 1.82) is 0 Å². The first-order chi connectivity index (χ1) is 9.81. The SMILES string of the molecule is Clc1cc(Nc2ccc(C3CNCCO3)cc2)ncn1. The summed E-state index contributed by atoms with van der Waals surface area (Å²) in [5.74, 6) is 0.674. The van der Waals surface area contributed by atoms with E-state index in [2.05, 4.69) is 32.7 Å². The molecule has 2 heterocycles. The summed E-state index contributed by atoms with van der Waals surface area (Å²) in [5, 5.41) is 6.92. The molecule has 0 amide bonds. The molecular formula is C14H15ClN4O. The van der Waals surface area contributed by atoms with Gasteiger partial charge in [0, 0.05) is 24.8 Å². The van der Waals surface area contributed by atoms with Crippen molar-refractivity contribution in [2.24, 2.45) is 0 Å². The lowest BCUT2D eigenvalue weighted by molar-refractivity contribution is 0.0277. The van der Waals surface area contributed by atoms with Gasteiger partial charge in [-0.2, -0.15) is 0 Å². The summed E-state index contributed by atoms with van der Waals surface area (Å²) >= 11 is 5.82. The third-order valence-electron chi connectivity index (χ3n) is 3.12. The molecule has 2 aromatic rings. The van der Waals surface area contributed by atoms with Gasteiger partial charge in [0.1, 0.15) is 17.3 Å². The van der Waals surface area contributed by atoms with Crippen molar-refractivity contribution >= 4 is 23.1 Å². The number of morpholine rings is 1. The van der Waals surface area contributed by atoms with Gasteiger partial charge in [-0.3, -0.25) is 0 Å². The first-order valence-corrected chi connectivity index (χ1v) is 6.86. The lowest BCUT2D eigenvalue weighted by Gasteiger charge is -2.24. The summed E-state index contributed by atoms with van der Waals surface area (Å²) < 4.78 is 5.72. The number of ether oxygens (including phenoxy) is 1. The first kappa shape index (κ1) is 13.3. The Kier molecular flexibility index (Phi) is 4.11. The second kappa shape index (κ2) is 6.17. The highest BCUT2D eigenvalue weighted by Gasteiger charge is 2.15. The third kappa shape index (κ3) is 3.25. The number of rotatable bonds is 3. The summed E-state index contributed by atoms with van der Waals surface area (Å²) in [6, 6.07) is 9.81. The van der Waals surface area contributed by atoms with E-state index in [0.717, 1.165) is 25.4 Å². The Labute approximate surface area is 122 Å². The highest BCUT2D eigenvalue weighted by atomic mass is 35.5. The molecule has 1 aliphatic heterocycles. The van der Waals surface area contributed by atoms with Gasteiger partial charge in [-0.25, -0.2) is 9.97 Å². The minimum Gasteiger partial charge on any atom is -0.371 e. The fourth-order valence-electron chi connectivity index (χ4n) is 2.11. The van der Waals surface area contributed by atoms with Crippen LogP contribution in [-0.4, -0.2) is 29.7 Å². The molecule has 104 valence electrons. The van der Waals surface area contributed by atoms with Gasteiger partial charge in [-0.15, -0.1) is 0 Å². The molecule has 2 N–H and O–H groups in total. The number of benzene rings is 1. The Balaban J connectivity index is 1.69. The number of halogens is 1. The van der Waals surface area contributed by atoms with Gasteiger partial charge in [-0.05, 0) is 17.7 Å². The van der Waals surface area contributed by atoms with Crippen LogP contribution in [0.2, 0.25) is 5.15 Å². The van der Waals surface area contributed by atoms with E-state index in [-0.39, 0.29) is 6.10 Å². The van der Waals surface area contributed by atoms with E-state index >= 15 is 0 Å². The summed E-state index contributed by atoms with van der Waals surface area (Å²) in [6.45, 7) is 2.53. The fraction of sp³-hybridized carbons (Fsp3) is 0.286. The van der Waals surface area contributed by atoms with Gasteiger partial charge in [0.05, 0.1) is 12.7 Å². The van der Waals surface area contributed by atoms with Gasteiger partial charge in [0.25, 0.3) is 0 Å². The molecule has 5 nitrogen and oxygen atoms in total. The molecular weight excluding hydrogens is 276 g/mol. The van der Waals surface area contributed by atoms with Crippen molar-refractivity contribution in [3.05, 3.63) is 47.4 Å². The number of anilines is 2. The van der Waals surface area contributed by atoms with E-state index in [1.165, 1.54) is 11.9 Å². The number of nitrogens with zero attached hydrogens (tertiary/aromatic N) is 2. The molecule has 0 saturated carbocycles. The second-order valence-electron chi connectivity index (χ2n) is 4.54. The Bertz CT molecular complexity index is 570. The molecule has 1 aromatic heterocycles. The van der Waals surface area contributed by atoms with Crippen LogP contribution in [0, 0.1) is 0 Å². The zero-order chi connectivity index (χ0) is 13.8. The van der Waals surface area contributed by atoms with Crippen molar-refractivity contribution in [3.8, 4) is 0 Å². The number of nitrogens with one attached hydrogen (secondary N) is 2. The Morgan fingerprint density at radius 3 is 2.80 bits per heavy atom. The van der Waals surface area contributed by atoms with Crippen molar-refractivity contribution in [3.63, 3.8) is 0 Å². The van der Waals surface area contributed by atoms with Crippen LogP contribution in [0.3, 0.4) is 0 Å². The Morgan fingerprint density at radius 2 is 2.10 bits per heavy atom. The van der Waals surface area contributed by atoms with Gasteiger partial charge in [0.2, 0.25) is 0 Å². The van der Waals surface area contributed by atoms with Crippen LogP contribution in [0.5, 0.6) is 0 Å². The zero-order valence-electron chi connectivity index (χ0n) is 10.8. The molecule has 1 unspecified atom stereocenters. The maximum Gasteiger partial charge on any atom is 0.135 e. The summed E-state index contributed by atoms with van der Waals surface area (Å²) in [6.07, 6.45) is 1.56. The lowest BCUT2D eigenvalue weighted by atomic mass is 10.1. The predicted octanol–water partition coefficient (Wildman–Crippen LogP) is 2.53. The zero-order valence-corrected chi connectivity index (χ0v) is 11.6. The standard InChI is InChI=1S/C14H15ClN4O/c15-13-7-14(18-9-17-13)19-11-3-1-10(2-4-11)12-8-16-5-6-20-12/h1-4,7,9,12,16H,5-6,8H2,(H,17,18,19). The topological polar surface area (TPSA) is 59.1 Å². The lowest BCUT2D eigenvalue weighted by Crippen LogP contribution is -2.33. The van der Waals surface area contributed by atoms with Crippen LogP contribution in [-0.2, 0) is 4.74 Å². The van der Waals surface area contributed by atoms with Crippen molar-refractivity contribution in [1.82, 2.24) is 15.3 Å². The van der Waals surface area contributed by atoms with Crippen LogP contribution in [0.1, 0.15) is 11.7 Å². The molecule has 3 rings (SSSR count). The summed E-state index contributed by atoms with van der Waals surface area (Å²) in [4.78, 5) is 7.95. The molecule has 1 aromatic carbocycles. The van der Waals surface area contributed by atoms with E-state index < -0.39 is 0 Å². The Hall–Kier alpha value is -1.69. The minimum absolute atomic E-state index is 0.131. The molecule has 0 spiro atoms. The first-order valence-electron chi connectivity index (χ1n) is 6.48. The van der Waals surface area contributed by atoms with Crippen LogP contribution in [0.15, 0.2) is 36.7 Å². The number of aromatic nitrogens is 2. The highest BCUT2D eigenvalue weighted by Crippen LogP contribution is 2.22. The smallest absolute Gasteiger partial charge is 0.135 e. The normalized spacial score (nSPS) is 18.8. The van der Waals surface area contributed by atoms with E-state index in [9.17, 15) is 0 Å². The molecule has 6 heteroatoms. The minimum atomic E-state index is 0.131. The highest BCUT2D eigenvalue weighted by molar-refractivity contribution is 6.29. The van der Waals surface area contributed by atoms with Crippen LogP contribution >= 0.6 is 11.6 Å². The van der Waals surface area contributed by atoms with Crippen molar-refractivity contribution in [2.45, 2.75) is 6.10 Å². The molecule has 0 bridgehead atoms. The van der Waals surface area contributed by atoms with Gasteiger partial charge in [0.15, 0.2) is 0 Å².